The van der Waals surface area contributed by atoms with E-state index in [1.165, 1.54) is 12.8 Å². The minimum absolute atomic E-state index is 0.429. The summed E-state index contributed by atoms with van der Waals surface area (Å²) >= 11 is 11.7. The van der Waals surface area contributed by atoms with Crippen LogP contribution in [-0.4, -0.2) is 6.61 Å². The Morgan fingerprint density at radius 3 is 2.75 bits per heavy atom. The molecule has 0 saturated heterocycles. The fourth-order valence-electron chi connectivity index (χ4n) is 1.60. The van der Waals surface area contributed by atoms with Crippen molar-refractivity contribution in [1.82, 2.24) is 0 Å². The molecule has 1 rings (SSSR count). The molecular weight excluding hydrogens is 243 g/mol. The molecule has 0 fully saturated rings. The van der Waals surface area contributed by atoms with Gasteiger partial charge in [-0.1, -0.05) is 31.9 Å². The molecule has 0 aliphatic heterocycles. The third kappa shape index (κ3) is 4.23. The molecule has 1 aromatic carbocycles. The summed E-state index contributed by atoms with van der Waals surface area (Å²) in [7, 11) is 0. The number of alkyl halides is 1. The summed E-state index contributed by atoms with van der Waals surface area (Å²) in [6.45, 7) is 5.11. The summed E-state index contributed by atoms with van der Waals surface area (Å²) in [5.74, 6) is 1.85. The van der Waals surface area contributed by atoms with E-state index in [-0.39, 0.29) is 0 Å². The first-order valence-corrected chi connectivity index (χ1v) is 6.55. The summed E-state index contributed by atoms with van der Waals surface area (Å²) in [5.41, 5.74) is 0.956. The molecular formula is C13H18Cl2O. The van der Waals surface area contributed by atoms with Crippen molar-refractivity contribution < 1.29 is 4.74 Å². The minimum atomic E-state index is 0.429. The molecule has 0 amide bonds. The van der Waals surface area contributed by atoms with E-state index >= 15 is 0 Å². The number of ether oxygens (including phenoxy) is 1. The van der Waals surface area contributed by atoms with E-state index in [0.29, 0.717) is 16.8 Å². The van der Waals surface area contributed by atoms with Crippen LogP contribution in [0.3, 0.4) is 0 Å². The van der Waals surface area contributed by atoms with Crippen LogP contribution in [-0.2, 0) is 5.88 Å². The Morgan fingerprint density at radius 2 is 2.12 bits per heavy atom. The Balaban J connectivity index is 2.59. The van der Waals surface area contributed by atoms with Gasteiger partial charge in [0.05, 0.1) is 12.5 Å². The average Bonchev–Trinajstić information content (AvgIpc) is 2.27. The predicted molar refractivity (Wildman–Crippen MR) is 70.6 cm³/mol. The quantitative estimate of drug-likeness (QED) is 0.662. The van der Waals surface area contributed by atoms with Gasteiger partial charge in [-0.3, -0.25) is 0 Å². The maximum absolute atomic E-state index is 5.89. The van der Waals surface area contributed by atoms with Crippen LogP contribution < -0.4 is 4.74 Å². The summed E-state index contributed by atoms with van der Waals surface area (Å²) in [4.78, 5) is 0. The van der Waals surface area contributed by atoms with Gasteiger partial charge in [-0.05, 0) is 30.5 Å². The SMILES string of the molecule is CCCC(C)COc1ccc(Cl)cc1CCl. The van der Waals surface area contributed by atoms with Crippen LogP contribution >= 0.6 is 23.2 Å². The first-order valence-electron chi connectivity index (χ1n) is 5.64. The lowest BCUT2D eigenvalue weighted by atomic mass is 10.1. The molecule has 0 saturated carbocycles. The monoisotopic (exact) mass is 260 g/mol. The molecule has 0 bridgehead atoms. The van der Waals surface area contributed by atoms with Gasteiger partial charge in [-0.25, -0.2) is 0 Å². The predicted octanol–water partition coefficient (Wildman–Crippen LogP) is 4.89. The number of halogens is 2. The van der Waals surface area contributed by atoms with Gasteiger partial charge in [0, 0.05) is 10.6 Å². The van der Waals surface area contributed by atoms with Crippen molar-refractivity contribution in [3.63, 3.8) is 0 Å². The highest BCUT2D eigenvalue weighted by molar-refractivity contribution is 6.30. The first-order chi connectivity index (χ1) is 7.67. The summed E-state index contributed by atoms with van der Waals surface area (Å²) in [6, 6.07) is 5.57. The first kappa shape index (κ1) is 13.7. The molecule has 90 valence electrons. The zero-order valence-electron chi connectivity index (χ0n) is 9.80. The molecule has 0 aromatic heterocycles. The van der Waals surface area contributed by atoms with Crippen molar-refractivity contribution in [1.29, 1.82) is 0 Å². The number of hydrogen-bond acceptors (Lipinski definition) is 1. The lowest BCUT2D eigenvalue weighted by Gasteiger charge is -2.14. The summed E-state index contributed by atoms with van der Waals surface area (Å²) in [6.07, 6.45) is 2.37. The van der Waals surface area contributed by atoms with E-state index in [1.807, 2.05) is 18.2 Å². The highest BCUT2D eigenvalue weighted by atomic mass is 35.5. The lowest BCUT2D eigenvalue weighted by molar-refractivity contribution is 0.250. The number of hydrogen-bond donors (Lipinski definition) is 0. The third-order valence-electron chi connectivity index (χ3n) is 2.47. The molecule has 0 aliphatic rings. The molecule has 3 heteroatoms. The topological polar surface area (TPSA) is 9.23 Å². The fraction of sp³-hybridized carbons (Fsp3) is 0.538. The molecule has 0 N–H and O–H groups in total. The molecule has 0 aliphatic carbocycles. The van der Waals surface area contributed by atoms with E-state index in [4.69, 9.17) is 27.9 Å². The summed E-state index contributed by atoms with van der Waals surface area (Å²) < 4.78 is 5.75. The molecule has 16 heavy (non-hydrogen) atoms. The zero-order valence-corrected chi connectivity index (χ0v) is 11.3. The van der Waals surface area contributed by atoms with Crippen molar-refractivity contribution in [3.8, 4) is 5.75 Å². The van der Waals surface area contributed by atoms with Crippen LogP contribution in [0.1, 0.15) is 32.3 Å². The van der Waals surface area contributed by atoms with Crippen LogP contribution in [0, 0.1) is 5.92 Å². The van der Waals surface area contributed by atoms with E-state index in [9.17, 15) is 0 Å². The van der Waals surface area contributed by atoms with Crippen LogP contribution in [0.25, 0.3) is 0 Å². The molecule has 1 nitrogen and oxygen atoms in total. The Bertz CT molecular complexity index is 326. The van der Waals surface area contributed by atoms with Crippen molar-refractivity contribution in [2.75, 3.05) is 6.61 Å². The van der Waals surface area contributed by atoms with Crippen molar-refractivity contribution >= 4 is 23.2 Å². The van der Waals surface area contributed by atoms with Crippen molar-refractivity contribution in [2.45, 2.75) is 32.6 Å². The van der Waals surface area contributed by atoms with E-state index in [0.717, 1.165) is 17.9 Å². The van der Waals surface area contributed by atoms with Crippen LogP contribution in [0.15, 0.2) is 18.2 Å². The average molecular weight is 261 g/mol. The standard InChI is InChI=1S/C13H18Cl2O/c1-3-4-10(2)9-16-13-6-5-12(15)7-11(13)8-14/h5-7,10H,3-4,8-9H2,1-2H3. The van der Waals surface area contributed by atoms with Crippen molar-refractivity contribution in [2.24, 2.45) is 5.92 Å². The minimum Gasteiger partial charge on any atom is -0.493 e. The highest BCUT2D eigenvalue weighted by Gasteiger charge is 2.06. The van der Waals surface area contributed by atoms with Gasteiger partial charge in [0.2, 0.25) is 0 Å². The maximum atomic E-state index is 5.89. The highest BCUT2D eigenvalue weighted by Crippen LogP contribution is 2.25. The van der Waals surface area contributed by atoms with Gasteiger partial charge < -0.3 is 4.74 Å². The van der Waals surface area contributed by atoms with Crippen LogP contribution in [0.5, 0.6) is 5.75 Å². The molecule has 1 atom stereocenters. The van der Waals surface area contributed by atoms with E-state index in [1.54, 1.807) is 0 Å². The van der Waals surface area contributed by atoms with Crippen LogP contribution in [0.4, 0.5) is 0 Å². The van der Waals surface area contributed by atoms with Gasteiger partial charge in [-0.15, -0.1) is 11.6 Å². The third-order valence-corrected chi connectivity index (χ3v) is 2.99. The lowest BCUT2D eigenvalue weighted by Crippen LogP contribution is -2.09. The Labute approximate surface area is 108 Å². The Kier molecular flexibility index (Phi) is 6.00. The second kappa shape index (κ2) is 7.03. The molecule has 0 spiro atoms. The van der Waals surface area contributed by atoms with Gasteiger partial charge >= 0.3 is 0 Å². The number of benzene rings is 1. The fourth-order valence-corrected chi connectivity index (χ4v) is 2.00. The van der Waals surface area contributed by atoms with E-state index in [2.05, 4.69) is 13.8 Å². The van der Waals surface area contributed by atoms with E-state index < -0.39 is 0 Å². The van der Waals surface area contributed by atoms with Gasteiger partial charge in [-0.2, -0.15) is 0 Å². The normalized spacial score (nSPS) is 12.5. The van der Waals surface area contributed by atoms with Crippen LogP contribution in [0.2, 0.25) is 5.02 Å². The maximum Gasteiger partial charge on any atom is 0.123 e. The summed E-state index contributed by atoms with van der Waals surface area (Å²) in [5, 5.41) is 0.699. The molecule has 1 aromatic rings. The Hall–Kier alpha value is -0.400. The second-order valence-corrected chi connectivity index (χ2v) is 4.79. The van der Waals surface area contributed by atoms with Gasteiger partial charge in [0.1, 0.15) is 5.75 Å². The van der Waals surface area contributed by atoms with Crippen molar-refractivity contribution in [3.05, 3.63) is 28.8 Å². The number of rotatable bonds is 6. The molecule has 0 radical (unpaired) electrons. The van der Waals surface area contributed by atoms with Gasteiger partial charge in [0.15, 0.2) is 0 Å². The zero-order chi connectivity index (χ0) is 12.0. The van der Waals surface area contributed by atoms with Gasteiger partial charge in [0.25, 0.3) is 0 Å². The molecule has 1 unspecified atom stereocenters. The Morgan fingerprint density at radius 1 is 1.38 bits per heavy atom. The second-order valence-electron chi connectivity index (χ2n) is 4.09. The smallest absolute Gasteiger partial charge is 0.123 e. The molecule has 0 heterocycles. The largest absolute Gasteiger partial charge is 0.493 e.